The lowest BCUT2D eigenvalue weighted by molar-refractivity contribution is -0.161. The summed E-state index contributed by atoms with van der Waals surface area (Å²) < 4.78 is 67.8. The molecule has 2 atom stereocenters. The van der Waals surface area contributed by atoms with E-state index in [4.69, 9.17) is 0 Å². The van der Waals surface area contributed by atoms with Gasteiger partial charge in [-0.3, -0.25) is 0 Å². The van der Waals surface area contributed by atoms with E-state index in [-0.39, 0.29) is 4.31 Å². The van der Waals surface area contributed by atoms with E-state index in [9.17, 15) is 26.4 Å². The molecule has 0 radical (unpaired) electrons. The van der Waals surface area contributed by atoms with Crippen LogP contribution in [0.5, 0.6) is 0 Å². The van der Waals surface area contributed by atoms with Crippen LogP contribution in [0.2, 0.25) is 0 Å². The summed E-state index contributed by atoms with van der Waals surface area (Å²) in [6.45, 7) is -1.85. The van der Waals surface area contributed by atoms with Gasteiger partial charge < -0.3 is 4.74 Å². The average molecular weight is 301 g/mol. The summed E-state index contributed by atoms with van der Waals surface area (Å²) in [5.41, 5.74) is 0. The standard InChI is InChI=1S/C9H10F3NO5S/c10-9(11,12)5-17-8(14)13-6-3-1-2-4-7(6)18-19(13,15)16/h1,3,6-7H,2,4-5H2/t6-,7+/m0/s1. The maximum Gasteiger partial charge on any atom is 0.426 e. The van der Waals surface area contributed by atoms with E-state index in [2.05, 4.69) is 8.92 Å². The Hall–Kier alpha value is -1.29. The molecular weight excluding hydrogens is 291 g/mol. The Balaban J connectivity index is 2.14. The number of carbonyl (C=O) groups is 1. The number of amides is 1. The average Bonchev–Trinajstić information content (AvgIpc) is 2.54. The number of ether oxygens (including phenoxy) is 1. The van der Waals surface area contributed by atoms with Crippen LogP contribution in [0.3, 0.4) is 0 Å². The van der Waals surface area contributed by atoms with Crippen LogP contribution in [-0.4, -0.2) is 43.7 Å². The van der Waals surface area contributed by atoms with E-state index in [1.165, 1.54) is 6.08 Å². The van der Waals surface area contributed by atoms with Gasteiger partial charge in [0.1, 0.15) is 6.10 Å². The van der Waals surface area contributed by atoms with Crippen molar-refractivity contribution in [3.05, 3.63) is 12.2 Å². The molecule has 19 heavy (non-hydrogen) atoms. The van der Waals surface area contributed by atoms with Crippen LogP contribution in [0.15, 0.2) is 12.2 Å². The number of hydrogen-bond donors (Lipinski definition) is 0. The lowest BCUT2D eigenvalue weighted by Gasteiger charge is -2.22. The maximum absolute atomic E-state index is 11.9. The molecule has 2 rings (SSSR count). The van der Waals surface area contributed by atoms with Gasteiger partial charge in [0, 0.05) is 0 Å². The zero-order valence-corrected chi connectivity index (χ0v) is 10.3. The molecule has 1 aliphatic heterocycles. The Morgan fingerprint density at radius 1 is 1.47 bits per heavy atom. The molecule has 0 aromatic rings. The third kappa shape index (κ3) is 3.00. The van der Waals surface area contributed by atoms with E-state index in [1.54, 1.807) is 6.08 Å². The van der Waals surface area contributed by atoms with Gasteiger partial charge in [0.25, 0.3) is 0 Å². The molecule has 1 aliphatic carbocycles. The largest absolute Gasteiger partial charge is 0.439 e. The summed E-state index contributed by atoms with van der Waals surface area (Å²) in [5, 5.41) is 0. The Morgan fingerprint density at radius 3 is 2.79 bits per heavy atom. The highest BCUT2D eigenvalue weighted by atomic mass is 32.2. The van der Waals surface area contributed by atoms with Gasteiger partial charge in [-0.25, -0.2) is 8.98 Å². The molecule has 0 saturated carbocycles. The van der Waals surface area contributed by atoms with E-state index in [1.807, 2.05) is 0 Å². The molecular formula is C9H10F3NO5S. The molecule has 10 heteroatoms. The van der Waals surface area contributed by atoms with E-state index >= 15 is 0 Å². The van der Waals surface area contributed by atoms with Crippen LogP contribution in [-0.2, 0) is 19.2 Å². The lowest BCUT2D eigenvalue weighted by atomic mass is 10.00. The number of fused-ring (bicyclic) bond motifs is 1. The number of rotatable bonds is 1. The van der Waals surface area contributed by atoms with Crippen LogP contribution in [0, 0.1) is 0 Å². The second kappa shape index (κ2) is 4.67. The highest BCUT2D eigenvalue weighted by molar-refractivity contribution is 7.85. The number of hydrogen-bond acceptors (Lipinski definition) is 5. The van der Waals surface area contributed by atoms with Crippen molar-refractivity contribution >= 4 is 16.4 Å². The van der Waals surface area contributed by atoms with Crippen molar-refractivity contribution in [2.45, 2.75) is 31.2 Å². The fourth-order valence-corrected chi connectivity index (χ4v) is 3.25. The molecule has 1 amide bonds. The van der Waals surface area contributed by atoms with Crippen molar-refractivity contribution in [1.82, 2.24) is 4.31 Å². The number of allylic oxidation sites excluding steroid dienone is 1. The highest BCUT2D eigenvalue weighted by Crippen LogP contribution is 2.32. The molecule has 0 aromatic carbocycles. The predicted molar refractivity (Wildman–Crippen MR) is 55.2 cm³/mol. The summed E-state index contributed by atoms with van der Waals surface area (Å²) >= 11 is 0. The Kier molecular flexibility index (Phi) is 3.47. The molecule has 1 saturated heterocycles. The fraction of sp³-hybridized carbons (Fsp3) is 0.667. The molecule has 1 heterocycles. The molecule has 0 unspecified atom stereocenters. The van der Waals surface area contributed by atoms with Gasteiger partial charge in [0.05, 0.1) is 6.04 Å². The van der Waals surface area contributed by atoms with Gasteiger partial charge in [-0.15, -0.1) is 0 Å². The van der Waals surface area contributed by atoms with Crippen LogP contribution >= 0.6 is 0 Å². The quantitative estimate of drug-likeness (QED) is 0.684. The molecule has 0 bridgehead atoms. The maximum atomic E-state index is 11.9. The molecule has 6 nitrogen and oxygen atoms in total. The van der Waals surface area contributed by atoms with Crippen LogP contribution in [0.25, 0.3) is 0 Å². The third-order valence-corrected chi connectivity index (χ3v) is 3.99. The van der Waals surface area contributed by atoms with Gasteiger partial charge in [-0.1, -0.05) is 12.2 Å². The van der Waals surface area contributed by atoms with Crippen molar-refractivity contribution in [2.75, 3.05) is 6.61 Å². The monoisotopic (exact) mass is 301 g/mol. The smallest absolute Gasteiger partial charge is 0.426 e. The second-order valence-corrected chi connectivity index (χ2v) is 5.50. The minimum Gasteiger partial charge on any atom is -0.439 e. The summed E-state index contributed by atoms with van der Waals surface area (Å²) in [7, 11) is -4.40. The van der Waals surface area contributed by atoms with Crippen LogP contribution in [0.1, 0.15) is 12.8 Å². The van der Waals surface area contributed by atoms with Gasteiger partial charge in [0.2, 0.25) is 0 Å². The third-order valence-electron chi connectivity index (χ3n) is 2.63. The van der Waals surface area contributed by atoms with E-state index in [0.29, 0.717) is 12.8 Å². The van der Waals surface area contributed by atoms with Gasteiger partial charge in [0.15, 0.2) is 6.61 Å². The minimum absolute atomic E-state index is 0.207. The fourth-order valence-electron chi connectivity index (χ4n) is 1.90. The van der Waals surface area contributed by atoms with Crippen molar-refractivity contribution < 1.29 is 35.3 Å². The summed E-state index contributed by atoms with van der Waals surface area (Å²) in [6.07, 6.45) is -3.10. The summed E-state index contributed by atoms with van der Waals surface area (Å²) in [4.78, 5) is 11.5. The van der Waals surface area contributed by atoms with Crippen molar-refractivity contribution in [2.24, 2.45) is 0 Å². The van der Waals surface area contributed by atoms with Gasteiger partial charge in [-0.05, 0) is 12.8 Å². The normalized spacial score (nSPS) is 29.1. The lowest BCUT2D eigenvalue weighted by Crippen LogP contribution is -2.42. The first-order chi connectivity index (χ1) is 8.71. The SMILES string of the molecule is O=C(OCC(F)(F)F)N1[C@H]2C=CCC[C@H]2OS1(=O)=O. The number of nitrogens with zero attached hydrogens (tertiary/aromatic N) is 1. The van der Waals surface area contributed by atoms with E-state index < -0.39 is 41.3 Å². The summed E-state index contributed by atoms with van der Waals surface area (Å²) in [6, 6.07) is -0.945. The molecule has 0 N–H and O–H groups in total. The Bertz CT molecular complexity index is 500. The Labute approximate surface area is 107 Å². The molecule has 1 fully saturated rings. The first-order valence-electron chi connectivity index (χ1n) is 5.33. The Morgan fingerprint density at radius 2 is 2.16 bits per heavy atom. The van der Waals surface area contributed by atoms with E-state index in [0.717, 1.165) is 0 Å². The molecule has 0 spiro atoms. The topological polar surface area (TPSA) is 72.9 Å². The molecule has 2 aliphatic rings. The molecule has 0 aromatic heterocycles. The van der Waals surface area contributed by atoms with Crippen molar-refractivity contribution in [3.8, 4) is 0 Å². The van der Waals surface area contributed by atoms with Gasteiger partial charge >= 0.3 is 22.6 Å². The number of halogens is 3. The first kappa shape index (κ1) is 14.1. The number of carbonyl (C=O) groups excluding carboxylic acids is 1. The first-order valence-corrected chi connectivity index (χ1v) is 6.70. The van der Waals surface area contributed by atoms with Crippen LogP contribution < -0.4 is 0 Å². The predicted octanol–water partition coefficient (Wildman–Crippen LogP) is 1.35. The van der Waals surface area contributed by atoms with Crippen LogP contribution in [0.4, 0.5) is 18.0 Å². The zero-order chi connectivity index (χ0) is 14.3. The van der Waals surface area contributed by atoms with Crippen molar-refractivity contribution in [3.63, 3.8) is 0 Å². The summed E-state index contributed by atoms with van der Waals surface area (Å²) in [5.74, 6) is 0. The number of alkyl halides is 3. The zero-order valence-electron chi connectivity index (χ0n) is 9.46. The molecule has 108 valence electrons. The highest BCUT2D eigenvalue weighted by Gasteiger charge is 2.50. The van der Waals surface area contributed by atoms with Crippen molar-refractivity contribution in [1.29, 1.82) is 0 Å². The second-order valence-electron chi connectivity index (χ2n) is 4.05. The van der Waals surface area contributed by atoms with Gasteiger partial charge in [-0.2, -0.15) is 25.9 Å². The minimum atomic E-state index is -4.72.